The lowest BCUT2D eigenvalue weighted by atomic mass is 10.2. The first-order valence-corrected chi connectivity index (χ1v) is 9.39. The van der Waals surface area contributed by atoms with Crippen LogP contribution in [0.25, 0.3) is 9.88 Å². The van der Waals surface area contributed by atoms with Crippen molar-refractivity contribution >= 4 is 40.2 Å². The molecule has 1 amide bonds. The third-order valence-electron chi connectivity index (χ3n) is 3.81. The molecule has 3 rings (SSSR count). The molecule has 0 bridgehead atoms. The predicted octanol–water partition coefficient (Wildman–Crippen LogP) is 3.28. The molecule has 2 aromatic rings. The van der Waals surface area contributed by atoms with E-state index in [0.29, 0.717) is 12.5 Å². The van der Waals surface area contributed by atoms with Crippen molar-refractivity contribution in [3.8, 4) is 9.88 Å². The molecule has 1 aliphatic rings. The number of nitrogens with zero attached hydrogens (tertiary/aromatic N) is 2. The fraction of sp³-hybridized carbons (Fsp3) is 0.467. The second kappa shape index (κ2) is 7.08. The average Bonchev–Trinajstić information content (AvgIpc) is 3.19. The largest absolute Gasteiger partial charge is 0.338 e. The topological polar surface area (TPSA) is 45.2 Å². The third-order valence-corrected chi connectivity index (χ3v) is 6.10. The van der Waals surface area contributed by atoms with Gasteiger partial charge in [0.2, 0.25) is 5.91 Å². The van der Waals surface area contributed by atoms with E-state index in [1.54, 1.807) is 11.3 Å². The molecule has 1 N–H and O–H groups in total. The van der Waals surface area contributed by atoms with Crippen LogP contribution in [0.1, 0.15) is 18.5 Å². The molecule has 3 heterocycles. The highest BCUT2D eigenvalue weighted by Crippen LogP contribution is 2.33. The van der Waals surface area contributed by atoms with Gasteiger partial charge in [-0.2, -0.15) is 0 Å². The van der Waals surface area contributed by atoms with E-state index in [2.05, 4.69) is 10.3 Å². The summed E-state index contributed by atoms with van der Waals surface area (Å²) in [7, 11) is 1.93. The lowest BCUT2D eigenvalue weighted by Crippen LogP contribution is -2.41. The van der Waals surface area contributed by atoms with Crippen molar-refractivity contribution < 1.29 is 4.79 Å². The van der Waals surface area contributed by atoms with Gasteiger partial charge in [0.25, 0.3) is 0 Å². The number of halogens is 1. The van der Waals surface area contributed by atoms with Crippen molar-refractivity contribution in [2.45, 2.75) is 25.3 Å². The van der Waals surface area contributed by atoms with Crippen LogP contribution in [-0.4, -0.2) is 42.0 Å². The van der Waals surface area contributed by atoms with Gasteiger partial charge in [-0.25, -0.2) is 4.98 Å². The summed E-state index contributed by atoms with van der Waals surface area (Å²) in [6.07, 6.45) is 2.56. The molecule has 1 atom stereocenters. The standard InChI is InChI=1S/C15H18ClN3OS2/c1-17-8-11-3-2-6-19(11)14(20)7-10-9-21-15(18-10)12-4-5-13(16)22-12/h4-5,9,11,17H,2-3,6-8H2,1H3. The first kappa shape index (κ1) is 15.9. The summed E-state index contributed by atoms with van der Waals surface area (Å²) in [5.41, 5.74) is 0.852. The first-order valence-electron chi connectivity index (χ1n) is 7.31. The van der Waals surface area contributed by atoms with Gasteiger partial charge in [0, 0.05) is 24.5 Å². The molecule has 1 unspecified atom stereocenters. The maximum atomic E-state index is 12.5. The molecule has 7 heteroatoms. The van der Waals surface area contributed by atoms with Crippen LogP contribution in [0.15, 0.2) is 17.5 Å². The van der Waals surface area contributed by atoms with Crippen LogP contribution in [0, 0.1) is 0 Å². The second-order valence-corrected chi connectivity index (χ2v) is 7.94. The number of thiophene rings is 1. The minimum atomic E-state index is 0.179. The van der Waals surface area contributed by atoms with E-state index in [4.69, 9.17) is 11.6 Å². The number of likely N-dealkylation sites (tertiary alicyclic amines) is 1. The minimum absolute atomic E-state index is 0.179. The SMILES string of the molecule is CNCC1CCCN1C(=O)Cc1csc(-c2ccc(Cl)s2)n1. The van der Waals surface area contributed by atoms with E-state index in [1.165, 1.54) is 11.3 Å². The Kier molecular flexibility index (Phi) is 5.13. The van der Waals surface area contributed by atoms with Crippen molar-refractivity contribution in [3.63, 3.8) is 0 Å². The maximum absolute atomic E-state index is 12.5. The van der Waals surface area contributed by atoms with E-state index in [9.17, 15) is 4.79 Å². The Balaban J connectivity index is 1.66. The van der Waals surface area contributed by atoms with E-state index >= 15 is 0 Å². The molecule has 2 aromatic heterocycles. The summed E-state index contributed by atoms with van der Waals surface area (Å²) in [6, 6.07) is 4.17. The van der Waals surface area contributed by atoms with E-state index in [1.807, 2.05) is 29.5 Å². The fourth-order valence-corrected chi connectivity index (χ4v) is 4.73. The fourth-order valence-electron chi connectivity index (χ4n) is 2.80. The summed E-state index contributed by atoms with van der Waals surface area (Å²) >= 11 is 9.05. The Morgan fingerprint density at radius 2 is 2.41 bits per heavy atom. The zero-order valence-electron chi connectivity index (χ0n) is 12.3. The Labute approximate surface area is 143 Å². The number of amides is 1. The molecular weight excluding hydrogens is 338 g/mol. The van der Waals surface area contributed by atoms with Gasteiger partial charge in [-0.3, -0.25) is 4.79 Å². The number of thiazole rings is 1. The third kappa shape index (κ3) is 3.51. The van der Waals surface area contributed by atoms with Crippen LogP contribution in [-0.2, 0) is 11.2 Å². The van der Waals surface area contributed by atoms with Crippen LogP contribution in [0.4, 0.5) is 0 Å². The molecule has 0 aliphatic carbocycles. The number of hydrogen-bond donors (Lipinski definition) is 1. The Morgan fingerprint density at radius 1 is 1.55 bits per heavy atom. The van der Waals surface area contributed by atoms with E-state index in [0.717, 1.165) is 45.8 Å². The quantitative estimate of drug-likeness (QED) is 0.895. The van der Waals surface area contributed by atoms with Crippen LogP contribution in [0.2, 0.25) is 4.34 Å². The van der Waals surface area contributed by atoms with Gasteiger partial charge in [-0.15, -0.1) is 22.7 Å². The Morgan fingerprint density at radius 3 is 3.14 bits per heavy atom. The highest BCUT2D eigenvalue weighted by atomic mass is 35.5. The maximum Gasteiger partial charge on any atom is 0.228 e. The van der Waals surface area contributed by atoms with Crippen molar-refractivity contribution in [1.82, 2.24) is 15.2 Å². The van der Waals surface area contributed by atoms with E-state index < -0.39 is 0 Å². The number of carbonyl (C=O) groups excluding carboxylic acids is 1. The number of aromatic nitrogens is 1. The highest BCUT2D eigenvalue weighted by Gasteiger charge is 2.28. The predicted molar refractivity (Wildman–Crippen MR) is 92.8 cm³/mol. The molecule has 0 spiro atoms. The van der Waals surface area contributed by atoms with Crippen LogP contribution in [0.3, 0.4) is 0 Å². The second-order valence-electron chi connectivity index (χ2n) is 5.37. The molecule has 0 radical (unpaired) electrons. The molecule has 1 fully saturated rings. The van der Waals surface area contributed by atoms with Crippen molar-refractivity contribution in [1.29, 1.82) is 0 Å². The van der Waals surface area contributed by atoms with Gasteiger partial charge in [0.15, 0.2) is 0 Å². The van der Waals surface area contributed by atoms with Gasteiger partial charge in [-0.05, 0) is 32.0 Å². The van der Waals surface area contributed by atoms with Crippen molar-refractivity contribution in [3.05, 3.63) is 27.5 Å². The molecule has 118 valence electrons. The summed E-state index contributed by atoms with van der Waals surface area (Å²) in [6.45, 7) is 1.73. The monoisotopic (exact) mass is 355 g/mol. The van der Waals surface area contributed by atoms with Crippen molar-refractivity contribution in [2.75, 3.05) is 20.1 Å². The zero-order chi connectivity index (χ0) is 15.5. The van der Waals surface area contributed by atoms with Gasteiger partial charge in [-0.1, -0.05) is 11.6 Å². The lowest BCUT2D eigenvalue weighted by molar-refractivity contribution is -0.131. The summed E-state index contributed by atoms with van der Waals surface area (Å²) in [5.74, 6) is 0.179. The molecular formula is C15H18ClN3OS2. The molecule has 1 saturated heterocycles. The molecule has 22 heavy (non-hydrogen) atoms. The van der Waals surface area contributed by atoms with Crippen LogP contribution in [0.5, 0.6) is 0 Å². The average molecular weight is 356 g/mol. The summed E-state index contributed by atoms with van der Waals surface area (Å²) < 4.78 is 0.759. The van der Waals surface area contributed by atoms with Gasteiger partial charge in [0.05, 0.1) is 21.3 Å². The number of likely N-dealkylation sites (N-methyl/N-ethyl adjacent to an activating group) is 1. The van der Waals surface area contributed by atoms with Gasteiger partial charge < -0.3 is 10.2 Å². The van der Waals surface area contributed by atoms with Crippen LogP contribution < -0.4 is 5.32 Å². The molecule has 1 aliphatic heterocycles. The number of carbonyl (C=O) groups is 1. The number of nitrogens with one attached hydrogen (secondary N) is 1. The molecule has 0 saturated carbocycles. The smallest absolute Gasteiger partial charge is 0.228 e. The van der Waals surface area contributed by atoms with Gasteiger partial charge >= 0.3 is 0 Å². The number of hydrogen-bond acceptors (Lipinski definition) is 5. The highest BCUT2D eigenvalue weighted by molar-refractivity contribution is 7.23. The summed E-state index contributed by atoms with van der Waals surface area (Å²) in [5, 5.41) is 6.08. The summed E-state index contributed by atoms with van der Waals surface area (Å²) in [4.78, 5) is 20.1. The lowest BCUT2D eigenvalue weighted by Gasteiger charge is -2.24. The van der Waals surface area contributed by atoms with Crippen molar-refractivity contribution in [2.24, 2.45) is 0 Å². The van der Waals surface area contributed by atoms with Gasteiger partial charge in [0.1, 0.15) is 5.01 Å². The Hall–Kier alpha value is -0.950. The molecule has 0 aromatic carbocycles. The molecule has 4 nitrogen and oxygen atoms in total. The zero-order valence-corrected chi connectivity index (χ0v) is 14.7. The van der Waals surface area contributed by atoms with E-state index in [-0.39, 0.29) is 5.91 Å². The number of rotatable bonds is 5. The van der Waals surface area contributed by atoms with Crippen LogP contribution >= 0.6 is 34.3 Å². The first-order chi connectivity index (χ1) is 10.7. The minimum Gasteiger partial charge on any atom is -0.338 e. The normalized spacial score (nSPS) is 18.1. The Bertz CT molecular complexity index is 655.